The molecule has 0 amide bonds. The molecule has 0 radical (unpaired) electrons. The number of benzene rings is 5. The van der Waals surface area contributed by atoms with Crippen molar-refractivity contribution in [1.29, 1.82) is 0 Å². The van der Waals surface area contributed by atoms with Crippen molar-refractivity contribution in [2.24, 2.45) is 0 Å². The summed E-state index contributed by atoms with van der Waals surface area (Å²) in [6.45, 7) is 0. The Morgan fingerprint density at radius 3 is 1.62 bits per heavy atom. The van der Waals surface area contributed by atoms with Crippen molar-refractivity contribution in [3.05, 3.63) is 150 Å². The number of hydrogen-bond donors (Lipinski definition) is 1. The highest BCUT2D eigenvalue weighted by molar-refractivity contribution is 6.36. The molecule has 7 aromatic rings. The lowest BCUT2D eigenvalue weighted by Crippen LogP contribution is -2.03. The average Bonchev–Trinajstić information content (AvgIpc) is 3.66. The van der Waals surface area contributed by atoms with E-state index in [2.05, 4.69) is 58.1 Å². The zero-order chi connectivity index (χ0) is 28.5. The van der Waals surface area contributed by atoms with Gasteiger partial charge in [0.1, 0.15) is 5.82 Å². The Balaban J connectivity index is 1.59. The summed E-state index contributed by atoms with van der Waals surface area (Å²) in [5, 5.41) is 1.07. The molecule has 0 spiro atoms. The maximum Gasteiger partial charge on any atom is 0.214 e. The summed E-state index contributed by atoms with van der Waals surface area (Å²) in [4.78, 5) is 14.2. The molecule has 4 nitrogen and oxygen atoms in total. The molecule has 42 heavy (non-hydrogen) atoms. The number of halogens is 2. The Bertz CT molecular complexity index is 1920. The fourth-order valence-electron chi connectivity index (χ4n) is 5.22. The van der Waals surface area contributed by atoms with Gasteiger partial charge in [-0.3, -0.25) is 4.57 Å². The van der Waals surface area contributed by atoms with Gasteiger partial charge in [0.2, 0.25) is 5.95 Å². The molecule has 202 valence electrons. The molecule has 1 N–H and O–H groups in total. The Kier molecular flexibility index (Phi) is 6.92. The summed E-state index contributed by atoms with van der Waals surface area (Å²) in [6.07, 6.45) is 0. The van der Waals surface area contributed by atoms with Gasteiger partial charge in [0, 0.05) is 32.8 Å². The number of hydrogen-bond acceptors (Lipinski definition) is 2. The van der Waals surface area contributed by atoms with Crippen LogP contribution in [-0.2, 0) is 0 Å². The van der Waals surface area contributed by atoms with E-state index >= 15 is 0 Å². The van der Waals surface area contributed by atoms with Crippen LogP contribution in [-0.4, -0.2) is 19.5 Å². The topological polar surface area (TPSA) is 46.5 Å². The number of aromatic nitrogens is 4. The number of H-pyrrole nitrogens is 1. The van der Waals surface area contributed by atoms with Gasteiger partial charge in [-0.05, 0) is 18.2 Å². The SMILES string of the molecule is Clc1ccc(-c2nc(-c3ccccc3)c(-c3ccccc3)n2-c2nc(-c3ccccc3)c(-c3ccccc3)[nH]2)c(Cl)c1. The first-order chi connectivity index (χ1) is 20.7. The van der Waals surface area contributed by atoms with Gasteiger partial charge in [0.05, 0.1) is 27.8 Å². The number of nitrogens with one attached hydrogen (secondary N) is 1. The van der Waals surface area contributed by atoms with Gasteiger partial charge < -0.3 is 4.98 Å². The van der Waals surface area contributed by atoms with Gasteiger partial charge in [-0.25, -0.2) is 9.97 Å². The first-order valence-electron chi connectivity index (χ1n) is 13.6. The molecule has 0 aliphatic heterocycles. The van der Waals surface area contributed by atoms with Crippen molar-refractivity contribution in [2.45, 2.75) is 0 Å². The van der Waals surface area contributed by atoms with Crippen molar-refractivity contribution in [2.75, 3.05) is 0 Å². The number of rotatable bonds is 6. The van der Waals surface area contributed by atoms with Crippen molar-refractivity contribution < 1.29 is 0 Å². The van der Waals surface area contributed by atoms with Crippen LogP contribution in [0.15, 0.2) is 140 Å². The molecule has 0 saturated heterocycles. The largest absolute Gasteiger partial charge is 0.323 e. The van der Waals surface area contributed by atoms with E-state index < -0.39 is 0 Å². The smallest absolute Gasteiger partial charge is 0.214 e. The predicted octanol–water partition coefficient (Wildman–Crippen LogP) is 10.2. The summed E-state index contributed by atoms with van der Waals surface area (Å²) in [7, 11) is 0. The lowest BCUT2D eigenvalue weighted by Gasteiger charge is -2.12. The molecule has 0 aliphatic rings. The Morgan fingerprint density at radius 1 is 0.524 bits per heavy atom. The first-order valence-corrected chi connectivity index (χ1v) is 14.3. The molecule has 0 saturated carbocycles. The lowest BCUT2D eigenvalue weighted by atomic mass is 10.0. The Labute approximate surface area is 253 Å². The summed E-state index contributed by atoms with van der Waals surface area (Å²) >= 11 is 13.2. The molecule has 0 aliphatic carbocycles. The van der Waals surface area contributed by atoms with Crippen LogP contribution in [0.3, 0.4) is 0 Å². The van der Waals surface area contributed by atoms with Crippen molar-refractivity contribution in [1.82, 2.24) is 19.5 Å². The summed E-state index contributed by atoms with van der Waals surface area (Å²) in [6, 6.07) is 46.4. The molecule has 7 rings (SSSR count). The standard InChI is InChI=1S/C36H24Cl2N4/c37-28-21-22-29(30(38)23-28)35-39-33(26-17-9-3-10-18-26)34(27-19-11-4-12-20-27)42(35)36-40-31(24-13-5-1-6-14-24)32(41-36)25-15-7-2-8-16-25/h1-23H,(H,40,41). The summed E-state index contributed by atoms with van der Waals surface area (Å²) in [5.74, 6) is 1.28. The minimum atomic E-state index is 0.506. The molecule has 0 fully saturated rings. The first kappa shape index (κ1) is 26.0. The minimum absolute atomic E-state index is 0.506. The third kappa shape index (κ3) is 4.81. The second-order valence-electron chi connectivity index (χ2n) is 9.84. The number of imidazole rings is 2. The molecule has 2 heterocycles. The van der Waals surface area contributed by atoms with Gasteiger partial charge in [0.25, 0.3) is 0 Å². The molecule has 5 aromatic carbocycles. The van der Waals surface area contributed by atoms with E-state index in [1.165, 1.54) is 0 Å². The maximum absolute atomic E-state index is 6.84. The van der Waals surface area contributed by atoms with E-state index in [0.717, 1.165) is 50.6 Å². The second-order valence-corrected chi connectivity index (χ2v) is 10.7. The molecular formula is C36H24Cl2N4. The van der Waals surface area contributed by atoms with Crippen molar-refractivity contribution in [3.63, 3.8) is 0 Å². The fraction of sp³-hybridized carbons (Fsp3) is 0. The van der Waals surface area contributed by atoms with Crippen LogP contribution in [0.25, 0.3) is 62.4 Å². The Morgan fingerprint density at radius 2 is 1.05 bits per heavy atom. The van der Waals surface area contributed by atoms with Crippen LogP contribution in [0.1, 0.15) is 0 Å². The second kappa shape index (κ2) is 11.2. The molecular weight excluding hydrogens is 559 g/mol. The summed E-state index contributed by atoms with van der Waals surface area (Å²) < 4.78 is 2.08. The quantitative estimate of drug-likeness (QED) is 0.212. The van der Waals surface area contributed by atoms with Gasteiger partial charge in [-0.2, -0.15) is 0 Å². The summed E-state index contributed by atoms with van der Waals surface area (Å²) in [5.41, 5.74) is 8.26. The highest BCUT2D eigenvalue weighted by atomic mass is 35.5. The molecule has 0 unspecified atom stereocenters. The van der Waals surface area contributed by atoms with E-state index in [1.807, 2.05) is 84.9 Å². The highest BCUT2D eigenvalue weighted by Crippen LogP contribution is 2.41. The predicted molar refractivity (Wildman–Crippen MR) is 173 cm³/mol. The van der Waals surface area contributed by atoms with E-state index in [9.17, 15) is 0 Å². The molecule has 0 atom stereocenters. The van der Waals surface area contributed by atoms with Crippen molar-refractivity contribution >= 4 is 23.2 Å². The number of aromatic amines is 1. The average molecular weight is 584 g/mol. The highest BCUT2D eigenvalue weighted by Gasteiger charge is 2.26. The van der Waals surface area contributed by atoms with Gasteiger partial charge in [0.15, 0.2) is 0 Å². The van der Waals surface area contributed by atoms with Crippen LogP contribution < -0.4 is 0 Å². The van der Waals surface area contributed by atoms with Crippen LogP contribution in [0.5, 0.6) is 0 Å². The van der Waals surface area contributed by atoms with Crippen LogP contribution >= 0.6 is 23.2 Å². The van der Waals surface area contributed by atoms with Gasteiger partial charge >= 0.3 is 0 Å². The maximum atomic E-state index is 6.84. The van der Waals surface area contributed by atoms with Crippen molar-refractivity contribution in [3.8, 4) is 62.4 Å². The monoisotopic (exact) mass is 582 g/mol. The van der Waals surface area contributed by atoms with Crippen LogP contribution in [0.4, 0.5) is 0 Å². The van der Waals surface area contributed by atoms with Gasteiger partial charge in [-0.15, -0.1) is 0 Å². The van der Waals surface area contributed by atoms with Crippen LogP contribution in [0, 0.1) is 0 Å². The van der Waals surface area contributed by atoms with Gasteiger partial charge in [-0.1, -0.05) is 145 Å². The van der Waals surface area contributed by atoms with E-state index in [-0.39, 0.29) is 0 Å². The Hall–Kier alpha value is -4.90. The van der Waals surface area contributed by atoms with Crippen LogP contribution in [0.2, 0.25) is 10.0 Å². The van der Waals surface area contributed by atoms with E-state index in [4.69, 9.17) is 33.2 Å². The minimum Gasteiger partial charge on any atom is -0.323 e. The normalized spacial score (nSPS) is 11.1. The molecule has 2 aromatic heterocycles. The zero-order valence-corrected chi connectivity index (χ0v) is 23.9. The fourth-order valence-corrected chi connectivity index (χ4v) is 5.72. The zero-order valence-electron chi connectivity index (χ0n) is 22.4. The third-order valence-electron chi connectivity index (χ3n) is 7.16. The molecule has 0 bridgehead atoms. The number of nitrogens with zero attached hydrogens (tertiary/aromatic N) is 3. The lowest BCUT2D eigenvalue weighted by molar-refractivity contribution is 0.977. The van der Waals surface area contributed by atoms with E-state index in [1.54, 1.807) is 6.07 Å². The molecule has 6 heteroatoms. The third-order valence-corrected chi connectivity index (χ3v) is 7.70. The van der Waals surface area contributed by atoms with E-state index in [0.29, 0.717) is 21.8 Å².